The molecule has 0 bridgehead atoms. The Labute approximate surface area is 49.8 Å². The molecule has 0 fully saturated rings. The van der Waals surface area contributed by atoms with Crippen molar-refractivity contribution in [3.05, 3.63) is 23.9 Å². The number of hydrogen-bond acceptors (Lipinski definition) is 2. The van der Waals surface area contributed by atoms with Gasteiger partial charge in [0.15, 0.2) is 0 Å². The highest BCUT2D eigenvalue weighted by atomic mass is 14.8. The normalized spacial score (nSPS) is 10.9. The standard InChI is InChI=1S/C6H8N2/c1-5-3-2-4-6(7)8-5/h2-4H,1H3,(H2,7,8)/i3D. The van der Waals surface area contributed by atoms with Crippen molar-refractivity contribution in [1.82, 2.24) is 4.98 Å². The Hall–Kier alpha value is -1.05. The molecule has 0 amide bonds. The van der Waals surface area contributed by atoms with Gasteiger partial charge in [-0.05, 0) is 19.0 Å². The van der Waals surface area contributed by atoms with E-state index in [1.807, 2.05) is 0 Å². The number of anilines is 1. The molecule has 8 heavy (non-hydrogen) atoms. The molecule has 0 aliphatic heterocycles. The molecule has 0 aromatic carbocycles. The van der Waals surface area contributed by atoms with E-state index in [9.17, 15) is 0 Å². The summed E-state index contributed by atoms with van der Waals surface area (Å²) in [5.41, 5.74) is 6.01. The lowest BCUT2D eigenvalue weighted by molar-refractivity contribution is 1.21. The molecule has 2 N–H and O–H groups in total. The van der Waals surface area contributed by atoms with Crippen LogP contribution >= 0.6 is 0 Å². The van der Waals surface area contributed by atoms with Crippen LogP contribution in [0.15, 0.2) is 18.2 Å². The van der Waals surface area contributed by atoms with Crippen molar-refractivity contribution >= 4 is 5.82 Å². The van der Waals surface area contributed by atoms with E-state index in [2.05, 4.69) is 4.98 Å². The van der Waals surface area contributed by atoms with Crippen molar-refractivity contribution < 1.29 is 1.37 Å². The van der Waals surface area contributed by atoms with Gasteiger partial charge in [0.1, 0.15) is 5.82 Å². The van der Waals surface area contributed by atoms with Crippen molar-refractivity contribution in [2.45, 2.75) is 6.92 Å². The van der Waals surface area contributed by atoms with Crippen molar-refractivity contribution in [1.29, 1.82) is 0 Å². The van der Waals surface area contributed by atoms with Gasteiger partial charge in [0.2, 0.25) is 0 Å². The summed E-state index contributed by atoms with van der Waals surface area (Å²) < 4.78 is 7.20. The lowest BCUT2D eigenvalue weighted by Gasteiger charge is -1.90. The van der Waals surface area contributed by atoms with Crippen LogP contribution in [0.4, 0.5) is 5.82 Å². The number of aromatic nitrogens is 1. The molecule has 0 unspecified atom stereocenters. The average Bonchev–Trinajstić information content (AvgIpc) is 1.80. The number of pyridine rings is 1. The first-order chi connectivity index (χ1) is 4.20. The van der Waals surface area contributed by atoms with E-state index in [-0.39, 0.29) is 0 Å². The second-order valence-electron chi connectivity index (χ2n) is 1.60. The molecule has 2 heteroatoms. The minimum Gasteiger partial charge on any atom is -0.384 e. The van der Waals surface area contributed by atoms with Gasteiger partial charge in [0, 0.05) is 5.69 Å². The van der Waals surface area contributed by atoms with E-state index < -0.39 is 0 Å². The molecule has 0 aliphatic carbocycles. The molecule has 0 saturated carbocycles. The predicted octanol–water partition coefficient (Wildman–Crippen LogP) is 0.972. The van der Waals surface area contributed by atoms with E-state index in [0.717, 1.165) is 0 Å². The fraction of sp³-hybridized carbons (Fsp3) is 0.167. The molecule has 1 heterocycles. The van der Waals surface area contributed by atoms with E-state index >= 15 is 0 Å². The summed E-state index contributed by atoms with van der Waals surface area (Å²) in [6.07, 6.45) is 0. The lowest BCUT2D eigenvalue weighted by atomic mass is 10.4. The molecule has 42 valence electrons. The number of rotatable bonds is 0. The van der Waals surface area contributed by atoms with E-state index in [4.69, 9.17) is 7.10 Å². The van der Waals surface area contributed by atoms with Gasteiger partial charge in [-0.25, -0.2) is 4.98 Å². The Morgan fingerprint density at radius 2 is 2.62 bits per heavy atom. The summed E-state index contributed by atoms with van der Waals surface area (Å²) in [6.45, 7) is 1.76. The van der Waals surface area contributed by atoms with Crippen molar-refractivity contribution in [3.63, 3.8) is 0 Å². The summed E-state index contributed by atoms with van der Waals surface area (Å²) in [6, 6.07) is 3.69. The van der Waals surface area contributed by atoms with E-state index in [0.29, 0.717) is 17.6 Å². The van der Waals surface area contributed by atoms with Crippen LogP contribution in [0.25, 0.3) is 0 Å². The topological polar surface area (TPSA) is 38.9 Å². The number of aryl methyl sites for hydroxylation is 1. The van der Waals surface area contributed by atoms with Crippen LogP contribution in [0.1, 0.15) is 7.06 Å². The number of nitrogen functional groups attached to an aromatic ring is 1. The summed E-state index contributed by atoms with van der Waals surface area (Å²) in [5.74, 6) is 0.475. The second kappa shape index (κ2) is 1.82. The zero-order valence-corrected chi connectivity index (χ0v) is 4.68. The maximum absolute atomic E-state index is 7.20. The smallest absolute Gasteiger partial charge is 0.123 e. The lowest BCUT2D eigenvalue weighted by Crippen LogP contribution is -1.89. The number of nitrogens with two attached hydrogens (primary N) is 1. The largest absolute Gasteiger partial charge is 0.384 e. The summed E-state index contributed by atoms with van der Waals surface area (Å²) >= 11 is 0. The second-order valence-corrected chi connectivity index (χ2v) is 1.60. The Balaban J connectivity index is 3.17. The monoisotopic (exact) mass is 109 g/mol. The Bertz CT molecular complexity index is 222. The van der Waals surface area contributed by atoms with Crippen LogP contribution in [-0.2, 0) is 0 Å². The summed E-state index contributed by atoms with van der Waals surface area (Å²) in [5, 5.41) is 0. The van der Waals surface area contributed by atoms with Gasteiger partial charge in [0.25, 0.3) is 0 Å². The van der Waals surface area contributed by atoms with Crippen molar-refractivity contribution in [2.75, 3.05) is 5.73 Å². The molecule has 1 rings (SSSR count). The first-order valence-electron chi connectivity index (χ1n) is 2.90. The first-order valence-corrected chi connectivity index (χ1v) is 2.40. The van der Waals surface area contributed by atoms with Gasteiger partial charge in [-0.15, -0.1) is 0 Å². The third-order valence-electron chi connectivity index (χ3n) is 0.843. The van der Waals surface area contributed by atoms with Gasteiger partial charge < -0.3 is 5.73 Å². The minimum absolute atomic E-state index is 0.434. The third kappa shape index (κ3) is 0.964. The summed E-state index contributed by atoms with van der Waals surface area (Å²) in [7, 11) is 0. The molecule has 1 aromatic rings. The van der Waals surface area contributed by atoms with Crippen LogP contribution in [0.3, 0.4) is 0 Å². The molecule has 0 radical (unpaired) electrons. The van der Waals surface area contributed by atoms with Crippen LogP contribution < -0.4 is 5.73 Å². The molecule has 0 spiro atoms. The van der Waals surface area contributed by atoms with Crippen LogP contribution in [0.5, 0.6) is 0 Å². The molecule has 0 saturated heterocycles. The maximum Gasteiger partial charge on any atom is 0.123 e. The molecular formula is C6H8N2. The van der Waals surface area contributed by atoms with E-state index in [1.54, 1.807) is 19.1 Å². The zero-order valence-electron chi connectivity index (χ0n) is 5.68. The Morgan fingerprint density at radius 3 is 3.12 bits per heavy atom. The van der Waals surface area contributed by atoms with Crippen LogP contribution in [0.2, 0.25) is 0 Å². The quantitative estimate of drug-likeness (QED) is 0.539. The fourth-order valence-electron chi connectivity index (χ4n) is 0.511. The molecule has 0 atom stereocenters. The van der Waals surface area contributed by atoms with Crippen molar-refractivity contribution in [3.8, 4) is 0 Å². The van der Waals surface area contributed by atoms with Gasteiger partial charge in [-0.2, -0.15) is 0 Å². The van der Waals surface area contributed by atoms with Gasteiger partial charge >= 0.3 is 0 Å². The Kier molecular flexibility index (Phi) is 0.886. The third-order valence-corrected chi connectivity index (χ3v) is 0.843. The summed E-state index contributed by atoms with van der Waals surface area (Å²) in [4.78, 5) is 3.86. The van der Waals surface area contributed by atoms with E-state index in [1.165, 1.54) is 0 Å². The van der Waals surface area contributed by atoms with Crippen LogP contribution in [0, 0.1) is 6.92 Å². The maximum atomic E-state index is 7.20. The van der Waals surface area contributed by atoms with Crippen LogP contribution in [-0.4, -0.2) is 4.98 Å². The highest BCUT2D eigenvalue weighted by Crippen LogP contribution is 1.96. The first kappa shape index (κ1) is 3.89. The number of hydrogen-bond donors (Lipinski definition) is 1. The minimum atomic E-state index is 0.434. The van der Waals surface area contributed by atoms with Gasteiger partial charge in [-0.1, -0.05) is 6.07 Å². The predicted molar refractivity (Wildman–Crippen MR) is 33.4 cm³/mol. The highest BCUT2D eigenvalue weighted by Gasteiger charge is 1.82. The molecular weight excluding hydrogens is 100 g/mol. The molecule has 1 aromatic heterocycles. The van der Waals surface area contributed by atoms with Gasteiger partial charge in [0.05, 0.1) is 1.37 Å². The zero-order chi connectivity index (χ0) is 6.85. The van der Waals surface area contributed by atoms with Gasteiger partial charge in [-0.3, -0.25) is 0 Å². The highest BCUT2D eigenvalue weighted by molar-refractivity contribution is 5.28. The number of nitrogens with zero attached hydrogens (tertiary/aromatic N) is 1. The molecule has 2 nitrogen and oxygen atoms in total. The Morgan fingerprint density at radius 1 is 1.88 bits per heavy atom. The van der Waals surface area contributed by atoms with Crippen molar-refractivity contribution in [2.24, 2.45) is 0 Å². The fourth-order valence-corrected chi connectivity index (χ4v) is 0.511. The SMILES string of the molecule is [2H]c1ccc(N)nc1C. The molecule has 0 aliphatic rings. The average molecular weight is 109 g/mol.